The molecular weight excluding hydrogens is 378 g/mol. The molecule has 0 N–H and O–H groups in total. The van der Waals surface area contributed by atoms with Crippen LogP contribution in [0.5, 0.6) is 0 Å². The Morgan fingerprint density at radius 2 is 2.00 bits per heavy atom. The number of hydrogen-bond acceptors (Lipinski definition) is 4. The number of hydrogen-bond donors (Lipinski definition) is 0. The lowest BCUT2D eigenvalue weighted by Crippen LogP contribution is -2.43. The summed E-state index contributed by atoms with van der Waals surface area (Å²) >= 11 is 5.07. The second-order valence-corrected chi connectivity index (χ2v) is 7.78. The standard InChI is InChI=1S/C17H22BrNO3S/c1-3-22-17(21)13-8-10-19(11-9-13)16(20)12(2)23-15-7-5-4-6-14(15)18/h4-7,12-13H,3,8-11H2,1-2H3. The molecule has 1 aromatic rings. The van der Waals surface area contributed by atoms with E-state index in [0.717, 1.165) is 9.37 Å². The van der Waals surface area contributed by atoms with Crippen molar-refractivity contribution in [1.29, 1.82) is 0 Å². The maximum Gasteiger partial charge on any atom is 0.309 e. The number of amides is 1. The van der Waals surface area contributed by atoms with Crippen molar-refractivity contribution in [2.45, 2.75) is 36.8 Å². The third-order valence-corrected chi connectivity index (χ3v) is 6.03. The van der Waals surface area contributed by atoms with E-state index in [4.69, 9.17) is 4.74 Å². The van der Waals surface area contributed by atoms with Crippen molar-refractivity contribution in [3.8, 4) is 0 Å². The summed E-state index contributed by atoms with van der Waals surface area (Å²) in [5.74, 6) is -0.0615. The molecule has 1 amide bonds. The number of rotatable bonds is 5. The first-order chi connectivity index (χ1) is 11.0. The third-order valence-electron chi connectivity index (χ3n) is 3.91. The monoisotopic (exact) mass is 399 g/mol. The van der Waals surface area contributed by atoms with E-state index < -0.39 is 0 Å². The zero-order chi connectivity index (χ0) is 16.8. The minimum absolute atomic E-state index is 0.0646. The molecule has 0 aromatic heterocycles. The summed E-state index contributed by atoms with van der Waals surface area (Å²) in [6.45, 7) is 5.42. The van der Waals surface area contributed by atoms with E-state index in [2.05, 4.69) is 15.9 Å². The largest absolute Gasteiger partial charge is 0.466 e. The van der Waals surface area contributed by atoms with Gasteiger partial charge >= 0.3 is 5.97 Å². The normalized spacial score (nSPS) is 16.9. The second-order valence-electron chi connectivity index (χ2n) is 5.54. The van der Waals surface area contributed by atoms with Crippen molar-refractivity contribution >= 4 is 39.6 Å². The maximum absolute atomic E-state index is 12.6. The Morgan fingerprint density at radius 1 is 1.35 bits per heavy atom. The second kappa shape index (κ2) is 8.73. The molecule has 1 saturated heterocycles. The van der Waals surface area contributed by atoms with Gasteiger partial charge in [-0.1, -0.05) is 12.1 Å². The molecular formula is C17H22BrNO3S. The highest BCUT2D eigenvalue weighted by atomic mass is 79.9. The van der Waals surface area contributed by atoms with Gasteiger partial charge in [-0.2, -0.15) is 0 Å². The molecule has 23 heavy (non-hydrogen) atoms. The zero-order valence-electron chi connectivity index (χ0n) is 13.5. The molecule has 0 aliphatic carbocycles. The molecule has 6 heteroatoms. The molecule has 0 bridgehead atoms. The van der Waals surface area contributed by atoms with Gasteiger partial charge in [-0.3, -0.25) is 9.59 Å². The van der Waals surface area contributed by atoms with Gasteiger partial charge in [-0.05, 0) is 54.8 Å². The van der Waals surface area contributed by atoms with Crippen molar-refractivity contribution in [3.05, 3.63) is 28.7 Å². The summed E-state index contributed by atoms with van der Waals surface area (Å²) in [6.07, 6.45) is 1.38. The molecule has 1 aliphatic rings. The van der Waals surface area contributed by atoms with Gasteiger partial charge in [0.15, 0.2) is 0 Å². The molecule has 1 unspecified atom stereocenters. The van der Waals surface area contributed by atoms with Crippen molar-refractivity contribution in [1.82, 2.24) is 4.90 Å². The Morgan fingerprint density at radius 3 is 2.61 bits per heavy atom. The highest BCUT2D eigenvalue weighted by Gasteiger charge is 2.30. The Kier molecular flexibility index (Phi) is 6.96. The van der Waals surface area contributed by atoms with Gasteiger partial charge in [0.05, 0.1) is 17.8 Å². The van der Waals surface area contributed by atoms with Crippen LogP contribution in [-0.2, 0) is 14.3 Å². The fraction of sp³-hybridized carbons (Fsp3) is 0.529. The summed E-state index contributed by atoms with van der Waals surface area (Å²) in [5, 5.41) is -0.146. The number of piperidine rings is 1. The summed E-state index contributed by atoms with van der Waals surface area (Å²) < 4.78 is 6.07. The van der Waals surface area contributed by atoms with E-state index in [1.54, 1.807) is 11.8 Å². The third kappa shape index (κ3) is 4.98. The first-order valence-electron chi connectivity index (χ1n) is 7.89. The topological polar surface area (TPSA) is 46.6 Å². The molecule has 1 aliphatic heterocycles. The van der Waals surface area contributed by atoms with Crippen molar-refractivity contribution in [2.24, 2.45) is 5.92 Å². The lowest BCUT2D eigenvalue weighted by Gasteiger charge is -2.32. The number of ether oxygens (including phenoxy) is 1. The summed E-state index contributed by atoms with van der Waals surface area (Å²) in [4.78, 5) is 27.3. The molecule has 1 atom stereocenters. The minimum Gasteiger partial charge on any atom is -0.466 e. The van der Waals surface area contributed by atoms with Gasteiger partial charge in [0.25, 0.3) is 0 Å². The molecule has 1 heterocycles. The van der Waals surface area contributed by atoms with Crippen LogP contribution in [0, 0.1) is 5.92 Å². The predicted molar refractivity (Wildman–Crippen MR) is 95.4 cm³/mol. The lowest BCUT2D eigenvalue weighted by molar-refractivity contribution is -0.151. The molecule has 0 spiro atoms. The van der Waals surface area contributed by atoms with Gasteiger partial charge in [-0.25, -0.2) is 0 Å². The van der Waals surface area contributed by atoms with Crippen LogP contribution in [0.1, 0.15) is 26.7 Å². The number of likely N-dealkylation sites (tertiary alicyclic amines) is 1. The van der Waals surface area contributed by atoms with Crippen LogP contribution in [-0.4, -0.2) is 41.7 Å². The van der Waals surface area contributed by atoms with E-state index >= 15 is 0 Å². The van der Waals surface area contributed by atoms with Crippen LogP contribution in [0.15, 0.2) is 33.6 Å². The van der Waals surface area contributed by atoms with Gasteiger partial charge in [0.1, 0.15) is 0 Å². The molecule has 1 fully saturated rings. The maximum atomic E-state index is 12.6. The van der Waals surface area contributed by atoms with E-state index in [0.29, 0.717) is 32.5 Å². The molecule has 1 aromatic carbocycles. The average molecular weight is 400 g/mol. The molecule has 0 radical (unpaired) electrons. The highest BCUT2D eigenvalue weighted by Crippen LogP contribution is 2.31. The number of nitrogens with zero attached hydrogens (tertiary/aromatic N) is 1. The van der Waals surface area contributed by atoms with Gasteiger partial charge in [-0.15, -0.1) is 11.8 Å². The van der Waals surface area contributed by atoms with Gasteiger partial charge in [0.2, 0.25) is 5.91 Å². The number of carbonyl (C=O) groups is 2. The number of benzene rings is 1. The average Bonchev–Trinajstić information content (AvgIpc) is 2.56. The zero-order valence-corrected chi connectivity index (χ0v) is 15.9. The first kappa shape index (κ1) is 18.3. The van der Waals surface area contributed by atoms with Crippen LogP contribution in [0.4, 0.5) is 0 Å². The van der Waals surface area contributed by atoms with E-state index in [1.165, 1.54) is 0 Å². The summed E-state index contributed by atoms with van der Waals surface area (Å²) in [5.41, 5.74) is 0. The fourth-order valence-corrected chi connectivity index (χ4v) is 4.17. The minimum atomic E-state index is -0.146. The van der Waals surface area contributed by atoms with Crippen LogP contribution < -0.4 is 0 Å². The summed E-state index contributed by atoms with van der Waals surface area (Å²) in [6, 6.07) is 7.91. The fourth-order valence-electron chi connectivity index (χ4n) is 2.63. The summed E-state index contributed by atoms with van der Waals surface area (Å²) in [7, 11) is 0. The van der Waals surface area contributed by atoms with Crippen molar-refractivity contribution < 1.29 is 14.3 Å². The lowest BCUT2D eigenvalue weighted by atomic mass is 9.97. The SMILES string of the molecule is CCOC(=O)C1CCN(C(=O)C(C)Sc2ccccc2Br)CC1. The van der Waals surface area contributed by atoms with Crippen molar-refractivity contribution in [3.63, 3.8) is 0 Å². The van der Waals surface area contributed by atoms with Crippen LogP contribution in [0.3, 0.4) is 0 Å². The van der Waals surface area contributed by atoms with Crippen molar-refractivity contribution in [2.75, 3.05) is 19.7 Å². The Bertz CT molecular complexity index is 559. The van der Waals surface area contributed by atoms with Crippen LogP contribution in [0.2, 0.25) is 0 Å². The molecule has 2 rings (SSSR count). The number of esters is 1. The number of carbonyl (C=O) groups excluding carboxylic acids is 2. The van der Waals surface area contributed by atoms with E-state index in [1.807, 2.05) is 43.0 Å². The Labute approximate surface area is 150 Å². The molecule has 0 saturated carbocycles. The number of thioether (sulfide) groups is 1. The van der Waals surface area contributed by atoms with E-state index in [9.17, 15) is 9.59 Å². The van der Waals surface area contributed by atoms with Crippen LogP contribution >= 0.6 is 27.7 Å². The predicted octanol–water partition coefficient (Wildman–Crippen LogP) is 3.73. The van der Waals surface area contributed by atoms with E-state index in [-0.39, 0.29) is 23.0 Å². The van der Waals surface area contributed by atoms with Gasteiger partial charge < -0.3 is 9.64 Å². The van der Waals surface area contributed by atoms with Crippen LogP contribution in [0.25, 0.3) is 0 Å². The Balaban J connectivity index is 1.87. The van der Waals surface area contributed by atoms with Gasteiger partial charge in [0, 0.05) is 22.5 Å². The smallest absolute Gasteiger partial charge is 0.309 e. The molecule has 126 valence electrons. The number of halogens is 1. The highest BCUT2D eigenvalue weighted by molar-refractivity contribution is 9.10. The first-order valence-corrected chi connectivity index (χ1v) is 9.56. The molecule has 4 nitrogen and oxygen atoms in total. The quantitative estimate of drug-likeness (QED) is 0.558. The Hall–Kier alpha value is -1.01.